The second-order valence-electron chi connectivity index (χ2n) is 4.66. The van der Waals surface area contributed by atoms with Crippen molar-refractivity contribution < 1.29 is 22.7 Å². The average Bonchev–Trinajstić information content (AvgIpc) is 2.37. The Labute approximate surface area is 116 Å². The van der Waals surface area contributed by atoms with E-state index < -0.39 is 23.7 Å². The average molecular weight is 289 g/mol. The monoisotopic (exact) mass is 289 g/mol. The first kappa shape index (κ1) is 16.5. The summed E-state index contributed by atoms with van der Waals surface area (Å²) in [4.78, 5) is 11.4. The maximum Gasteiger partial charge on any atom is 0.416 e. The Hall–Kier alpha value is -1.56. The van der Waals surface area contributed by atoms with Gasteiger partial charge in [0.25, 0.3) is 0 Å². The second-order valence-corrected chi connectivity index (χ2v) is 4.66. The molecule has 0 aliphatic rings. The van der Waals surface area contributed by atoms with Crippen LogP contribution in [0, 0.1) is 0 Å². The van der Waals surface area contributed by atoms with Crippen LogP contribution in [-0.4, -0.2) is 25.7 Å². The molecule has 0 heterocycles. The first-order valence-corrected chi connectivity index (χ1v) is 6.21. The quantitative estimate of drug-likeness (QED) is 0.905. The smallest absolute Gasteiger partial charge is 0.375 e. The lowest BCUT2D eigenvalue weighted by molar-refractivity contribution is -0.138. The number of nitrogens with one attached hydrogen (secondary N) is 1. The van der Waals surface area contributed by atoms with Crippen molar-refractivity contribution in [1.82, 2.24) is 5.32 Å². The van der Waals surface area contributed by atoms with Crippen molar-refractivity contribution in [3.63, 3.8) is 0 Å². The van der Waals surface area contributed by atoms with Gasteiger partial charge in [0.15, 0.2) is 0 Å². The van der Waals surface area contributed by atoms with Crippen LogP contribution in [0.4, 0.5) is 13.2 Å². The number of carbonyl (C=O) groups is 1. The summed E-state index contributed by atoms with van der Waals surface area (Å²) in [5.41, 5.74) is -0.495. The molecule has 1 N–H and O–H groups in total. The van der Waals surface area contributed by atoms with Crippen LogP contribution >= 0.6 is 0 Å². The third kappa shape index (κ3) is 4.23. The molecule has 0 aliphatic heterocycles. The summed E-state index contributed by atoms with van der Waals surface area (Å²) < 4.78 is 43.5. The lowest BCUT2D eigenvalue weighted by atomic mass is 9.90. The van der Waals surface area contributed by atoms with Crippen molar-refractivity contribution >= 4 is 5.91 Å². The van der Waals surface area contributed by atoms with Gasteiger partial charge in [-0.1, -0.05) is 25.1 Å². The predicted octanol–water partition coefficient (Wildman–Crippen LogP) is 2.96. The molecule has 1 aromatic carbocycles. The van der Waals surface area contributed by atoms with Crippen molar-refractivity contribution in [1.29, 1.82) is 0 Å². The van der Waals surface area contributed by atoms with E-state index in [1.807, 2.05) is 0 Å². The van der Waals surface area contributed by atoms with Crippen molar-refractivity contribution in [2.24, 2.45) is 0 Å². The van der Waals surface area contributed by atoms with Crippen LogP contribution in [0.1, 0.15) is 30.9 Å². The first-order valence-electron chi connectivity index (χ1n) is 6.21. The number of amides is 1. The van der Waals surface area contributed by atoms with E-state index in [2.05, 4.69) is 10.1 Å². The second kappa shape index (κ2) is 6.74. The molecule has 0 aliphatic carbocycles. The number of rotatable bonds is 5. The molecule has 3 nitrogen and oxygen atoms in total. The van der Waals surface area contributed by atoms with Gasteiger partial charge in [-0.3, -0.25) is 4.79 Å². The topological polar surface area (TPSA) is 38.3 Å². The van der Waals surface area contributed by atoms with E-state index in [1.54, 1.807) is 19.9 Å². The molecule has 0 radical (unpaired) electrons. The number of halogens is 3. The number of ether oxygens (including phenoxy) is 1. The molecule has 0 spiro atoms. The molecular formula is C14H18F3NO2. The zero-order valence-electron chi connectivity index (χ0n) is 11.6. The highest BCUT2D eigenvalue weighted by Crippen LogP contribution is 2.35. The van der Waals surface area contributed by atoms with Gasteiger partial charge in [-0.2, -0.15) is 13.2 Å². The van der Waals surface area contributed by atoms with Crippen LogP contribution in [0.5, 0.6) is 0 Å². The van der Waals surface area contributed by atoms with Crippen LogP contribution in [-0.2, 0) is 15.7 Å². The van der Waals surface area contributed by atoms with Gasteiger partial charge in [0, 0.05) is 19.1 Å². The Balaban J connectivity index is 2.92. The van der Waals surface area contributed by atoms with E-state index in [0.29, 0.717) is 0 Å². The fraction of sp³-hybridized carbons (Fsp3) is 0.500. The minimum absolute atomic E-state index is 0.113. The van der Waals surface area contributed by atoms with Gasteiger partial charge in [0.05, 0.1) is 5.56 Å². The summed E-state index contributed by atoms with van der Waals surface area (Å²) >= 11 is 0. The third-order valence-electron chi connectivity index (χ3n) is 3.17. The molecule has 20 heavy (non-hydrogen) atoms. The molecule has 1 aromatic rings. The molecule has 1 amide bonds. The fourth-order valence-corrected chi connectivity index (χ4v) is 1.97. The Bertz CT molecular complexity index is 460. The van der Waals surface area contributed by atoms with E-state index in [-0.39, 0.29) is 18.1 Å². The Morgan fingerprint density at radius 3 is 2.45 bits per heavy atom. The van der Waals surface area contributed by atoms with Gasteiger partial charge < -0.3 is 10.1 Å². The zero-order chi connectivity index (χ0) is 15.3. The molecule has 0 fully saturated rings. The minimum atomic E-state index is -4.40. The number of benzene rings is 1. The maximum absolute atomic E-state index is 12.9. The van der Waals surface area contributed by atoms with Crippen molar-refractivity contribution in [3.05, 3.63) is 35.4 Å². The van der Waals surface area contributed by atoms with E-state index in [1.165, 1.54) is 19.2 Å². The molecule has 6 heteroatoms. The van der Waals surface area contributed by atoms with Crippen molar-refractivity contribution in [2.45, 2.75) is 32.0 Å². The van der Waals surface area contributed by atoms with Gasteiger partial charge in [-0.25, -0.2) is 0 Å². The molecule has 0 bridgehead atoms. The summed E-state index contributed by atoms with van der Waals surface area (Å²) in [5, 5.41) is 2.63. The normalized spacial score (nSPS) is 14.7. The lowest BCUT2D eigenvalue weighted by Gasteiger charge is -2.24. The molecule has 112 valence electrons. The molecule has 2 atom stereocenters. The molecule has 0 saturated heterocycles. The van der Waals surface area contributed by atoms with Gasteiger partial charge in [0.2, 0.25) is 5.91 Å². The van der Waals surface area contributed by atoms with E-state index in [0.717, 1.165) is 6.07 Å². The third-order valence-corrected chi connectivity index (χ3v) is 3.17. The van der Waals surface area contributed by atoms with Crippen molar-refractivity contribution in [2.75, 3.05) is 13.7 Å². The number of alkyl halides is 3. The molecule has 1 rings (SSSR count). The van der Waals surface area contributed by atoms with E-state index >= 15 is 0 Å². The standard InChI is InChI=1S/C14H18F3NO2/c1-9(10(2)18-13(19)8-20-3)11-6-4-5-7-12(11)14(15,16)17/h4-7,9-10H,8H2,1-3H3,(H,18,19)/t9-,10-/m1/s1. The van der Waals surface area contributed by atoms with Gasteiger partial charge in [-0.05, 0) is 18.6 Å². The summed E-state index contributed by atoms with van der Waals surface area (Å²) in [6.07, 6.45) is -4.40. The zero-order valence-corrected chi connectivity index (χ0v) is 11.6. The number of methoxy groups -OCH3 is 1. The Morgan fingerprint density at radius 2 is 1.90 bits per heavy atom. The van der Waals surface area contributed by atoms with Crippen LogP contribution in [0.3, 0.4) is 0 Å². The number of hydrogen-bond acceptors (Lipinski definition) is 2. The molecular weight excluding hydrogens is 271 g/mol. The summed E-state index contributed by atoms with van der Waals surface area (Å²) in [6, 6.07) is 4.97. The van der Waals surface area contributed by atoms with Crippen LogP contribution in [0.25, 0.3) is 0 Å². The molecule has 0 unspecified atom stereocenters. The van der Waals surface area contributed by atoms with E-state index in [4.69, 9.17) is 0 Å². The Morgan fingerprint density at radius 1 is 1.30 bits per heavy atom. The van der Waals surface area contributed by atoms with Gasteiger partial charge in [-0.15, -0.1) is 0 Å². The molecule has 0 aromatic heterocycles. The summed E-state index contributed by atoms with van der Waals surface area (Å²) in [6.45, 7) is 3.21. The predicted molar refractivity (Wildman–Crippen MR) is 69.3 cm³/mol. The first-order chi connectivity index (χ1) is 9.27. The SMILES string of the molecule is COCC(=O)N[C@H](C)[C@@H](C)c1ccccc1C(F)(F)F. The largest absolute Gasteiger partial charge is 0.416 e. The van der Waals surface area contributed by atoms with Crippen LogP contribution in [0.15, 0.2) is 24.3 Å². The Kier molecular flexibility index (Phi) is 5.56. The highest BCUT2D eigenvalue weighted by atomic mass is 19.4. The highest BCUT2D eigenvalue weighted by Gasteiger charge is 2.35. The van der Waals surface area contributed by atoms with Crippen LogP contribution < -0.4 is 5.32 Å². The van der Waals surface area contributed by atoms with Crippen LogP contribution in [0.2, 0.25) is 0 Å². The minimum Gasteiger partial charge on any atom is -0.375 e. The highest BCUT2D eigenvalue weighted by molar-refractivity contribution is 5.77. The maximum atomic E-state index is 12.9. The van der Waals surface area contributed by atoms with Gasteiger partial charge in [0.1, 0.15) is 6.61 Å². The summed E-state index contributed by atoms with van der Waals surface area (Å²) in [5.74, 6) is -0.815. The molecule has 0 saturated carbocycles. The van der Waals surface area contributed by atoms with Gasteiger partial charge >= 0.3 is 6.18 Å². The van der Waals surface area contributed by atoms with E-state index in [9.17, 15) is 18.0 Å². The number of carbonyl (C=O) groups excluding carboxylic acids is 1. The number of hydrogen-bond donors (Lipinski definition) is 1. The lowest BCUT2D eigenvalue weighted by Crippen LogP contribution is -2.38. The summed E-state index contributed by atoms with van der Waals surface area (Å²) in [7, 11) is 1.38. The fourth-order valence-electron chi connectivity index (χ4n) is 1.97. The van der Waals surface area contributed by atoms with Crippen molar-refractivity contribution in [3.8, 4) is 0 Å².